The number of amides is 1. The predicted molar refractivity (Wildman–Crippen MR) is 130 cm³/mol. The van der Waals surface area contributed by atoms with Crippen molar-refractivity contribution in [3.63, 3.8) is 0 Å². The summed E-state index contributed by atoms with van der Waals surface area (Å²) in [5.74, 6) is -1.78. The van der Waals surface area contributed by atoms with Crippen LogP contribution in [0.25, 0.3) is 0 Å². The number of rotatable bonds is 3. The highest BCUT2D eigenvalue weighted by Crippen LogP contribution is 2.64. The third kappa shape index (κ3) is 3.01. The minimum atomic E-state index is -0.903. The van der Waals surface area contributed by atoms with E-state index in [-0.39, 0.29) is 29.1 Å². The van der Waals surface area contributed by atoms with E-state index >= 15 is 4.39 Å². The van der Waals surface area contributed by atoms with E-state index in [1.807, 2.05) is 29.3 Å². The summed E-state index contributed by atoms with van der Waals surface area (Å²) in [6.07, 6.45) is 4.73. The number of benzene rings is 2. The van der Waals surface area contributed by atoms with Gasteiger partial charge in [-0.1, -0.05) is 24.3 Å². The van der Waals surface area contributed by atoms with E-state index in [2.05, 4.69) is 0 Å². The van der Waals surface area contributed by atoms with Crippen molar-refractivity contribution in [3.8, 4) is 5.75 Å². The Labute approximate surface area is 210 Å². The maximum Gasteiger partial charge on any atom is 0.277 e. The zero-order valence-electron chi connectivity index (χ0n) is 19.3. The number of halogens is 2. The fourth-order valence-electron chi connectivity index (χ4n) is 6.46. The molecule has 3 aromatic rings. The molecular formula is C27H23F2N3O3S. The molecule has 1 N–H and O–H groups in total. The molecule has 6 nitrogen and oxygen atoms in total. The van der Waals surface area contributed by atoms with Crippen LogP contribution in [0.3, 0.4) is 0 Å². The van der Waals surface area contributed by atoms with Crippen LogP contribution in [0, 0.1) is 23.0 Å². The molecular weight excluding hydrogens is 484 g/mol. The molecule has 36 heavy (non-hydrogen) atoms. The summed E-state index contributed by atoms with van der Waals surface area (Å²) in [5, 5.41) is 12.6. The summed E-state index contributed by atoms with van der Waals surface area (Å²) in [6, 6.07) is 11.1. The number of aromatic hydroxyl groups is 1. The lowest BCUT2D eigenvalue weighted by Gasteiger charge is -2.63. The number of carbonyl (C=O) groups is 1. The third-order valence-electron chi connectivity index (χ3n) is 8.24. The van der Waals surface area contributed by atoms with E-state index < -0.39 is 34.8 Å². The van der Waals surface area contributed by atoms with Crippen molar-refractivity contribution >= 4 is 17.7 Å². The van der Waals surface area contributed by atoms with E-state index in [1.165, 1.54) is 28.7 Å². The second-order valence-electron chi connectivity index (χ2n) is 10.4. The van der Waals surface area contributed by atoms with Gasteiger partial charge in [-0.25, -0.2) is 8.78 Å². The number of pyridine rings is 1. The van der Waals surface area contributed by atoms with Crippen molar-refractivity contribution in [2.75, 3.05) is 18.2 Å². The standard InChI is InChI=1S/C27H23F2N3O3S/c28-19-6-5-16-18(22(19)29)12-36-21-4-2-1-3-17(21)23(16)32-14-30(13-27-9-15(10-27)11-27)26(35)24-25(34)20(33)7-8-31(24)32/h1-8,15,23,34H,9-14H2/t15?,23-,27?/m0/s1. The Morgan fingerprint density at radius 2 is 1.81 bits per heavy atom. The monoisotopic (exact) mass is 507 g/mol. The molecule has 2 aromatic carbocycles. The molecule has 8 rings (SSSR count). The van der Waals surface area contributed by atoms with Crippen molar-refractivity contribution in [2.45, 2.75) is 36.0 Å². The number of carbonyl (C=O) groups excluding carboxylic acids is 1. The number of thioether (sulfide) groups is 1. The molecule has 3 aliphatic carbocycles. The largest absolute Gasteiger partial charge is 0.502 e. The number of aromatic nitrogens is 1. The Balaban J connectivity index is 1.44. The SMILES string of the molecule is O=C1c2c(O)c(=O)ccn2N([C@@H]2c3ccccc3SCc3c2ccc(F)c3F)CN1CC12CC(C1)C2. The highest BCUT2D eigenvalue weighted by molar-refractivity contribution is 7.98. The van der Waals surface area contributed by atoms with E-state index in [4.69, 9.17) is 0 Å². The van der Waals surface area contributed by atoms with Crippen LogP contribution < -0.4 is 10.4 Å². The van der Waals surface area contributed by atoms with Gasteiger partial charge in [-0.3, -0.25) is 19.3 Å². The van der Waals surface area contributed by atoms with Crippen molar-refractivity contribution < 1.29 is 18.7 Å². The number of hydrogen-bond acceptors (Lipinski definition) is 5. The van der Waals surface area contributed by atoms with Gasteiger partial charge in [0.15, 0.2) is 23.1 Å². The third-order valence-corrected chi connectivity index (χ3v) is 9.35. The molecule has 5 aliphatic rings. The van der Waals surface area contributed by atoms with Crippen LogP contribution in [0.4, 0.5) is 8.78 Å². The van der Waals surface area contributed by atoms with Crippen LogP contribution >= 0.6 is 11.8 Å². The van der Waals surface area contributed by atoms with Crippen molar-refractivity contribution in [3.05, 3.63) is 92.9 Å². The van der Waals surface area contributed by atoms with Gasteiger partial charge in [-0.2, -0.15) is 0 Å². The van der Waals surface area contributed by atoms with Crippen molar-refractivity contribution in [1.29, 1.82) is 0 Å². The fraction of sp³-hybridized carbons (Fsp3) is 0.333. The summed E-state index contributed by atoms with van der Waals surface area (Å²) in [6.45, 7) is 0.720. The minimum absolute atomic E-state index is 0.0983. The van der Waals surface area contributed by atoms with Crippen LogP contribution in [-0.4, -0.2) is 33.8 Å². The highest BCUT2D eigenvalue weighted by Gasteiger charge is 2.58. The molecule has 184 valence electrons. The van der Waals surface area contributed by atoms with Crippen LogP contribution in [0.2, 0.25) is 0 Å². The molecule has 1 amide bonds. The lowest BCUT2D eigenvalue weighted by Crippen LogP contribution is -2.63. The molecule has 3 fully saturated rings. The molecule has 0 radical (unpaired) electrons. The van der Waals surface area contributed by atoms with Crippen LogP contribution in [0.1, 0.15) is 52.5 Å². The van der Waals surface area contributed by atoms with Gasteiger partial charge in [0.25, 0.3) is 5.91 Å². The zero-order chi connectivity index (χ0) is 24.8. The summed E-state index contributed by atoms with van der Waals surface area (Å²) >= 11 is 1.44. The quantitative estimate of drug-likeness (QED) is 0.570. The summed E-state index contributed by atoms with van der Waals surface area (Å²) in [5.41, 5.74) is 1.12. The van der Waals surface area contributed by atoms with Crippen molar-refractivity contribution in [1.82, 2.24) is 9.58 Å². The van der Waals surface area contributed by atoms with Gasteiger partial charge in [-0.05, 0) is 53.9 Å². The maximum absolute atomic E-state index is 15.1. The second kappa shape index (κ2) is 7.59. The molecule has 0 spiro atoms. The maximum atomic E-state index is 15.1. The first-order chi connectivity index (χ1) is 17.3. The Bertz CT molecular complexity index is 1490. The average molecular weight is 508 g/mol. The Kier molecular flexibility index (Phi) is 4.62. The van der Waals surface area contributed by atoms with E-state index in [1.54, 1.807) is 11.0 Å². The number of nitrogens with zero attached hydrogens (tertiary/aromatic N) is 3. The predicted octanol–water partition coefficient (Wildman–Crippen LogP) is 4.38. The summed E-state index contributed by atoms with van der Waals surface area (Å²) in [7, 11) is 0. The second-order valence-corrected chi connectivity index (χ2v) is 11.5. The minimum Gasteiger partial charge on any atom is -0.502 e. The number of hydrogen-bond donors (Lipinski definition) is 1. The van der Waals surface area contributed by atoms with Gasteiger partial charge < -0.3 is 10.0 Å². The zero-order valence-corrected chi connectivity index (χ0v) is 20.1. The molecule has 3 heterocycles. The average Bonchev–Trinajstić information content (AvgIpc) is 2.98. The molecule has 2 aliphatic heterocycles. The Morgan fingerprint density at radius 1 is 1.03 bits per heavy atom. The van der Waals surface area contributed by atoms with Crippen LogP contribution in [-0.2, 0) is 5.75 Å². The first-order valence-electron chi connectivity index (χ1n) is 12.0. The number of fused-ring (bicyclic) bond motifs is 3. The fourth-order valence-corrected chi connectivity index (χ4v) is 7.57. The van der Waals surface area contributed by atoms with Gasteiger partial charge in [0.2, 0.25) is 5.43 Å². The molecule has 2 bridgehead atoms. The van der Waals surface area contributed by atoms with Gasteiger partial charge in [0.1, 0.15) is 6.67 Å². The first-order valence-corrected chi connectivity index (χ1v) is 13.0. The van der Waals surface area contributed by atoms with E-state index in [9.17, 15) is 19.1 Å². The molecule has 3 saturated carbocycles. The molecule has 0 unspecified atom stereocenters. The Hall–Kier alpha value is -3.33. The van der Waals surface area contributed by atoms with Crippen molar-refractivity contribution in [2.24, 2.45) is 11.3 Å². The van der Waals surface area contributed by atoms with Gasteiger partial charge in [-0.15, -0.1) is 11.8 Å². The molecule has 1 atom stereocenters. The smallest absolute Gasteiger partial charge is 0.277 e. The molecule has 1 aromatic heterocycles. The Morgan fingerprint density at radius 3 is 2.56 bits per heavy atom. The first kappa shape index (κ1) is 21.9. The topological polar surface area (TPSA) is 65.8 Å². The summed E-state index contributed by atoms with van der Waals surface area (Å²) < 4.78 is 30.9. The molecule has 0 saturated heterocycles. The normalized spacial score (nSPS) is 25.8. The van der Waals surface area contributed by atoms with E-state index in [0.29, 0.717) is 12.1 Å². The lowest BCUT2D eigenvalue weighted by molar-refractivity contribution is -0.120. The highest BCUT2D eigenvalue weighted by atomic mass is 32.2. The van der Waals surface area contributed by atoms with Crippen LogP contribution in [0.15, 0.2) is 58.4 Å². The lowest BCUT2D eigenvalue weighted by atomic mass is 9.44. The van der Waals surface area contributed by atoms with Crippen LogP contribution in [0.5, 0.6) is 5.75 Å². The summed E-state index contributed by atoms with van der Waals surface area (Å²) in [4.78, 5) is 28.6. The van der Waals surface area contributed by atoms with Gasteiger partial charge >= 0.3 is 0 Å². The van der Waals surface area contributed by atoms with Gasteiger partial charge in [0, 0.05) is 35.0 Å². The molecule has 9 heteroatoms. The van der Waals surface area contributed by atoms with Gasteiger partial charge in [0.05, 0.1) is 6.04 Å². The van der Waals surface area contributed by atoms with E-state index in [0.717, 1.165) is 41.7 Å².